The van der Waals surface area contributed by atoms with Gasteiger partial charge < -0.3 is 0 Å². The van der Waals surface area contributed by atoms with Crippen LogP contribution < -0.4 is 0 Å². The summed E-state index contributed by atoms with van der Waals surface area (Å²) < 4.78 is 28.2. The molecule has 0 heterocycles. The molecule has 1 aromatic carbocycles. The van der Waals surface area contributed by atoms with Crippen molar-refractivity contribution in [1.82, 2.24) is 4.31 Å². The lowest BCUT2D eigenvalue weighted by Crippen LogP contribution is -2.39. The minimum absolute atomic E-state index is 0.140. The predicted molar refractivity (Wildman–Crippen MR) is 101 cm³/mol. The molecule has 1 saturated carbocycles. The summed E-state index contributed by atoms with van der Waals surface area (Å²) in [7, 11) is -1.70. The minimum atomic E-state index is -3.46. The number of rotatable bonds is 4. The number of nitrogens with zero attached hydrogens (tertiary/aromatic N) is 1. The van der Waals surface area contributed by atoms with Gasteiger partial charge in [0.2, 0.25) is 10.0 Å². The molecule has 1 aliphatic carbocycles. The van der Waals surface area contributed by atoms with E-state index >= 15 is 0 Å². The van der Waals surface area contributed by atoms with E-state index in [9.17, 15) is 8.42 Å². The van der Waals surface area contributed by atoms with Crippen molar-refractivity contribution in [2.45, 2.75) is 89.0 Å². The lowest BCUT2D eigenvalue weighted by Gasteiger charge is -2.32. The van der Waals surface area contributed by atoms with Gasteiger partial charge >= 0.3 is 0 Å². The molecule has 0 bridgehead atoms. The third-order valence-electron chi connectivity index (χ3n) is 5.22. The third-order valence-corrected chi connectivity index (χ3v) is 7.19. The molecule has 0 radical (unpaired) electrons. The highest BCUT2D eigenvalue weighted by atomic mass is 32.2. The van der Waals surface area contributed by atoms with Gasteiger partial charge in [-0.2, -0.15) is 4.31 Å². The van der Waals surface area contributed by atoms with Crippen molar-refractivity contribution in [2.24, 2.45) is 0 Å². The van der Waals surface area contributed by atoms with Gasteiger partial charge in [-0.05, 0) is 41.4 Å². The first-order valence-electron chi connectivity index (χ1n) is 9.17. The van der Waals surface area contributed by atoms with Gasteiger partial charge in [-0.15, -0.1) is 0 Å². The van der Waals surface area contributed by atoms with Crippen LogP contribution in [0.5, 0.6) is 0 Å². The molecule has 0 unspecified atom stereocenters. The smallest absolute Gasteiger partial charge is 0.207 e. The fourth-order valence-corrected chi connectivity index (χ4v) is 5.31. The van der Waals surface area contributed by atoms with Crippen LogP contribution in [0.3, 0.4) is 0 Å². The molecule has 0 saturated heterocycles. The van der Waals surface area contributed by atoms with Crippen LogP contribution in [0.25, 0.3) is 0 Å². The molecule has 0 aromatic heterocycles. The third kappa shape index (κ3) is 4.02. The Morgan fingerprint density at radius 3 is 2.17 bits per heavy atom. The van der Waals surface area contributed by atoms with Crippen LogP contribution >= 0.6 is 0 Å². The van der Waals surface area contributed by atoms with Gasteiger partial charge in [-0.1, -0.05) is 66.0 Å². The maximum Gasteiger partial charge on any atom is 0.243 e. The summed E-state index contributed by atoms with van der Waals surface area (Å²) in [6, 6.07) is 6.03. The number of hydrogen-bond acceptors (Lipinski definition) is 2. The van der Waals surface area contributed by atoms with Crippen LogP contribution in [0.4, 0.5) is 0 Å². The molecule has 136 valence electrons. The monoisotopic (exact) mass is 351 g/mol. The Bertz CT molecular complexity index is 665. The zero-order valence-corrected chi connectivity index (χ0v) is 16.9. The maximum absolute atomic E-state index is 13.3. The van der Waals surface area contributed by atoms with Crippen LogP contribution in [-0.4, -0.2) is 25.8 Å². The van der Waals surface area contributed by atoms with E-state index in [0.29, 0.717) is 10.8 Å². The predicted octanol–water partition coefficient (Wildman–Crippen LogP) is 5.06. The molecule has 0 N–H and O–H groups in total. The molecule has 3 nitrogen and oxygen atoms in total. The highest BCUT2D eigenvalue weighted by Gasteiger charge is 2.33. The Morgan fingerprint density at radius 1 is 1.08 bits per heavy atom. The van der Waals surface area contributed by atoms with E-state index in [1.165, 1.54) is 12.0 Å². The van der Waals surface area contributed by atoms with Crippen LogP contribution in [0.1, 0.15) is 83.8 Å². The van der Waals surface area contributed by atoms with Gasteiger partial charge in [0.1, 0.15) is 0 Å². The van der Waals surface area contributed by atoms with Crippen LogP contribution in [0.15, 0.2) is 23.1 Å². The van der Waals surface area contributed by atoms with E-state index in [-0.39, 0.29) is 11.5 Å². The van der Waals surface area contributed by atoms with Gasteiger partial charge in [0.25, 0.3) is 0 Å². The summed E-state index contributed by atoms with van der Waals surface area (Å²) in [4.78, 5) is 0.479. The van der Waals surface area contributed by atoms with E-state index in [0.717, 1.165) is 31.2 Å². The molecule has 1 aromatic rings. The molecule has 0 amide bonds. The van der Waals surface area contributed by atoms with Crippen molar-refractivity contribution in [3.05, 3.63) is 29.3 Å². The number of hydrogen-bond donors (Lipinski definition) is 0. The van der Waals surface area contributed by atoms with Crippen molar-refractivity contribution >= 4 is 10.0 Å². The number of benzene rings is 1. The standard InChI is InChI=1S/C20H33NO2S/c1-15(2)16-12-13-19(18(14-16)20(3,4)5)24(22,23)21(6)17-10-8-7-9-11-17/h12-15,17H,7-11H2,1-6H3. The first kappa shape index (κ1) is 19.5. The summed E-state index contributed by atoms with van der Waals surface area (Å²) in [5, 5.41) is 0. The fraction of sp³-hybridized carbons (Fsp3) is 0.700. The maximum atomic E-state index is 13.3. The first-order chi connectivity index (χ1) is 11.0. The van der Waals surface area contributed by atoms with Gasteiger partial charge in [0.05, 0.1) is 4.90 Å². The highest BCUT2D eigenvalue weighted by molar-refractivity contribution is 7.89. The van der Waals surface area contributed by atoms with Gasteiger partial charge in [-0.3, -0.25) is 0 Å². The summed E-state index contributed by atoms with van der Waals surface area (Å²) >= 11 is 0. The van der Waals surface area contributed by atoms with E-state index in [4.69, 9.17) is 0 Å². The topological polar surface area (TPSA) is 37.4 Å². The largest absolute Gasteiger partial charge is 0.243 e. The summed E-state index contributed by atoms with van der Waals surface area (Å²) in [6.45, 7) is 10.6. The molecular formula is C20H33NO2S. The molecule has 0 atom stereocenters. The SMILES string of the molecule is CC(C)c1ccc(S(=O)(=O)N(C)C2CCCCC2)c(C(C)(C)C)c1. The molecule has 24 heavy (non-hydrogen) atoms. The average Bonchev–Trinajstić information content (AvgIpc) is 2.53. The molecule has 1 aliphatic rings. The summed E-state index contributed by atoms with van der Waals surface area (Å²) in [5.74, 6) is 0.388. The van der Waals surface area contributed by atoms with Crippen LogP contribution in [-0.2, 0) is 15.4 Å². The average molecular weight is 352 g/mol. The van der Waals surface area contributed by atoms with E-state index in [2.05, 4.69) is 40.7 Å². The molecule has 0 spiro atoms. The fourth-order valence-electron chi connectivity index (χ4n) is 3.51. The van der Waals surface area contributed by atoms with E-state index in [1.54, 1.807) is 11.4 Å². The van der Waals surface area contributed by atoms with Crippen molar-refractivity contribution in [1.29, 1.82) is 0 Å². The lowest BCUT2D eigenvalue weighted by molar-refractivity contribution is 0.285. The van der Waals surface area contributed by atoms with Crippen molar-refractivity contribution in [2.75, 3.05) is 7.05 Å². The van der Waals surface area contributed by atoms with Crippen LogP contribution in [0.2, 0.25) is 0 Å². The highest BCUT2D eigenvalue weighted by Crippen LogP contribution is 2.35. The van der Waals surface area contributed by atoms with Gasteiger partial charge in [0.15, 0.2) is 0 Å². The zero-order chi connectivity index (χ0) is 18.1. The van der Waals surface area contributed by atoms with E-state index in [1.807, 2.05) is 12.1 Å². The molecular weight excluding hydrogens is 318 g/mol. The molecule has 0 aliphatic heterocycles. The van der Waals surface area contributed by atoms with E-state index < -0.39 is 10.0 Å². The van der Waals surface area contributed by atoms with Crippen LogP contribution in [0, 0.1) is 0 Å². The molecule has 4 heteroatoms. The van der Waals surface area contributed by atoms with Gasteiger partial charge in [-0.25, -0.2) is 8.42 Å². The minimum Gasteiger partial charge on any atom is -0.207 e. The lowest BCUT2D eigenvalue weighted by atomic mass is 9.85. The molecule has 2 rings (SSSR count). The Labute approximate surface area is 148 Å². The Hall–Kier alpha value is -0.870. The summed E-state index contributed by atoms with van der Waals surface area (Å²) in [6.07, 6.45) is 5.43. The summed E-state index contributed by atoms with van der Waals surface area (Å²) in [5.41, 5.74) is 1.91. The second kappa shape index (κ2) is 7.17. The second-order valence-electron chi connectivity index (χ2n) is 8.47. The second-order valence-corrected chi connectivity index (χ2v) is 10.4. The zero-order valence-electron chi connectivity index (χ0n) is 16.1. The van der Waals surface area contributed by atoms with Gasteiger partial charge in [0, 0.05) is 13.1 Å². The van der Waals surface area contributed by atoms with Crippen molar-refractivity contribution in [3.8, 4) is 0 Å². The molecule has 1 fully saturated rings. The first-order valence-corrected chi connectivity index (χ1v) is 10.6. The Kier molecular flexibility index (Phi) is 5.81. The normalized spacial score (nSPS) is 17.7. The quantitative estimate of drug-likeness (QED) is 0.760. The Balaban J connectivity index is 2.49. The van der Waals surface area contributed by atoms with Crippen molar-refractivity contribution in [3.63, 3.8) is 0 Å². The Morgan fingerprint density at radius 2 is 1.67 bits per heavy atom. The number of sulfonamides is 1. The van der Waals surface area contributed by atoms with Crippen molar-refractivity contribution < 1.29 is 8.42 Å².